The lowest BCUT2D eigenvalue weighted by Gasteiger charge is -2.33. The molecule has 0 aliphatic carbocycles. The molecule has 1 aromatic heterocycles. The van der Waals surface area contributed by atoms with Crippen LogP contribution in [-0.2, 0) is 31.6 Å². The number of aromatic amines is 1. The fourth-order valence-electron chi connectivity index (χ4n) is 2.57. The molecule has 1 fully saturated rings. The van der Waals surface area contributed by atoms with Crippen LogP contribution in [0, 0.1) is 4.64 Å². The zero-order valence-electron chi connectivity index (χ0n) is 15.4. The lowest BCUT2D eigenvalue weighted by molar-refractivity contribution is -0.304. The smallest absolute Gasteiger partial charge is 0.387 e. The van der Waals surface area contributed by atoms with Gasteiger partial charge in [0, 0.05) is 6.20 Å². The van der Waals surface area contributed by atoms with E-state index in [-0.39, 0.29) is 9.21 Å². The van der Waals surface area contributed by atoms with Crippen molar-refractivity contribution in [2.75, 3.05) is 6.61 Å². The van der Waals surface area contributed by atoms with Gasteiger partial charge in [-0.2, -0.15) is 21.8 Å². The number of aliphatic hydroxyl groups is 2. The molecule has 1 saturated heterocycles. The molecule has 1 aromatic rings. The average molecular weight is 568 g/mol. The maximum absolute atomic E-state index is 13.6. The zero-order chi connectivity index (χ0) is 25.6. The van der Waals surface area contributed by atoms with Gasteiger partial charge in [0.15, 0.2) is 6.23 Å². The van der Waals surface area contributed by atoms with Gasteiger partial charge in [0.1, 0.15) is 16.8 Å². The summed E-state index contributed by atoms with van der Waals surface area (Å²) in [5.41, 5.74) is -5.46. The normalized spacial score (nSPS) is 30.0. The summed E-state index contributed by atoms with van der Waals surface area (Å²) < 4.78 is 90.1. The van der Waals surface area contributed by atoms with Gasteiger partial charge >= 0.3 is 35.3 Å². The monoisotopic (exact) mass is 568 g/mol. The van der Waals surface area contributed by atoms with Gasteiger partial charge in [-0.15, -0.1) is 0 Å². The number of alkyl halides is 3. The second-order valence-corrected chi connectivity index (χ2v) is 11.1. The Labute approximate surface area is 184 Å². The molecule has 2 rings (SSSR count). The van der Waals surface area contributed by atoms with E-state index in [1.807, 2.05) is 4.98 Å². The van der Waals surface area contributed by atoms with Crippen molar-refractivity contribution in [1.82, 2.24) is 9.55 Å². The third kappa shape index (κ3) is 6.65. The van der Waals surface area contributed by atoms with E-state index in [1.54, 1.807) is 0 Å². The van der Waals surface area contributed by atoms with E-state index in [0.29, 0.717) is 6.20 Å². The molecule has 0 spiro atoms. The summed E-state index contributed by atoms with van der Waals surface area (Å²) in [6, 6.07) is 0.947. The van der Waals surface area contributed by atoms with E-state index in [1.165, 1.54) is 0 Å². The maximum Gasteiger partial charge on any atom is 0.490 e. The predicted octanol–water partition coefficient (Wildman–Crippen LogP) is -0.199. The number of nitrogens with one attached hydrogen (secondary N) is 1. The van der Waals surface area contributed by atoms with Gasteiger partial charge in [-0.25, -0.2) is 18.5 Å². The first-order valence-electron chi connectivity index (χ1n) is 7.91. The highest BCUT2D eigenvalue weighted by molar-refractivity contribution is 7.71. The first kappa shape index (κ1) is 28.4. The van der Waals surface area contributed by atoms with Crippen LogP contribution in [0.5, 0.6) is 0 Å². The number of phosphoric ester groups is 1. The summed E-state index contributed by atoms with van der Waals surface area (Å²) in [6.07, 6.45) is -12.9. The highest BCUT2D eigenvalue weighted by atomic mass is 32.1. The molecule has 1 aliphatic rings. The molecule has 23 heteroatoms. The minimum atomic E-state index is -5.93. The van der Waals surface area contributed by atoms with E-state index in [0.717, 1.165) is 6.07 Å². The molecule has 33 heavy (non-hydrogen) atoms. The molecule has 0 radical (unpaired) electrons. The van der Waals surface area contributed by atoms with Gasteiger partial charge in [0.25, 0.3) is 0 Å². The number of ether oxygens (including phenoxy) is 1. The van der Waals surface area contributed by atoms with Crippen molar-refractivity contribution in [2.45, 2.75) is 30.2 Å². The Balaban J connectivity index is 2.29. The van der Waals surface area contributed by atoms with Crippen molar-refractivity contribution in [3.8, 4) is 0 Å². The van der Waals surface area contributed by atoms with Crippen LogP contribution in [-0.4, -0.2) is 69.9 Å². The second kappa shape index (κ2) is 9.33. The second-order valence-electron chi connectivity index (χ2n) is 6.20. The Bertz CT molecular complexity index is 1150. The summed E-state index contributed by atoms with van der Waals surface area (Å²) >= 11 is 4.63. The van der Waals surface area contributed by atoms with Crippen molar-refractivity contribution < 1.29 is 74.5 Å². The van der Waals surface area contributed by atoms with Gasteiger partial charge in [-0.05, 0) is 6.07 Å². The lowest BCUT2D eigenvalue weighted by atomic mass is 9.93. The molecule has 190 valence electrons. The van der Waals surface area contributed by atoms with Gasteiger partial charge in [-0.3, -0.25) is 14.1 Å². The Morgan fingerprint density at radius 3 is 2.24 bits per heavy atom. The van der Waals surface area contributed by atoms with E-state index in [9.17, 15) is 46.8 Å². The van der Waals surface area contributed by atoms with Crippen LogP contribution in [0.15, 0.2) is 17.1 Å². The quantitative estimate of drug-likeness (QED) is 0.159. The van der Waals surface area contributed by atoms with Crippen LogP contribution in [0.2, 0.25) is 0 Å². The molecule has 0 aromatic carbocycles. The SMILES string of the molecule is O=c1[nH]c(=S)ccn1[C@@H]1O[C@H](COP(=O)(O)OP(=O)(O)OP(=O)(O)O)C(O)C1(O)C(F)(F)F. The number of hydrogen-bond acceptors (Lipinski definition) is 11. The zero-order valence-corrected chi connectivity index (χ0v) is 18.9. The van der Waals surface area contributed by atoms with Gasteiger partial charge in [0.05, 0.1) is 6.61 Å². The number of nitrogens with zero attached hydrogens (tertiary/aromatic N) is 1. The van der Waals surface area contributed by atoms with Gasteiger partial charge in [0.2, 0.25) is 5.60 Å². The Kier molecular flexibility index (Phi) is 8.03. The van der Waals surface area contributed by atoms with Crippen molar-refractivity contribution in [2.24, 2.45) is 0 Å². The Morgan fingerprint density at radius 2 is 1.76 bits per heavy atom. The van der Waals surface area contributed by atoms with E-state index in [2.05, 4.69) is 25.4 Å². The van der Waals surface area contributed by atoms with Crippen molar-refractivity contribution >= 4 is 35.7 Å². The lowest BCUT2D eigenvalue weighted by Crippen LogP contribution is -2.58. The molecule has 0 saturated carbocycles. The number of aromatic nitrogens is 2. The first-order chi connectivity index (χ1) is 14.7. The third-order valence-electron chi connectivity index (χ3n) is 3.86. The van der Waals surface area contributed by atoms with Crippen LogP contribution in [0.25, 0.3) is 0 Å². The minimum absolute atomic E-state index is 0.178. The van der Waals surface area contributed by atoms with Crippen LogP contribution in [0.4, 0.5) is 13.2 Å². The molecular formula is C10H14F3N2O14P3S. The predicted molar refractivity (Wildman–Crippen MR) is 96.6 cm³/mol. The first-order valence-corrected chi connectivity index (χ1v) is 12.8. The summed E-state index contributed by atoms with van der Waals surface area (Å²) in [5.74, 6) is 0. The summed E-state index contributed by atoms with van der Waals surface area (Å²) in [6.45, 7) is -1.53. The molecule has 0 amide bonds. The molecular weight excluding hydrogens is 554 g/mol. The number of hydrogen-bond donors (Lipinski definition) is 7. The number of rotatable bonds is 8. The number of halogens is 3. The highest BCUT2D eigenvalue weighted by Gasteiger charge is 2.71. The molecule has 2 heterocycles. The molecule has 6 atom stereocenters. The van der Waals surface area contributed by atoms with E-state index < -0.39 is 66.0 Å². The van der Waals surface area contributed by atoms with Crippen molar-refractivity contribution in [3.63, 3.8) is 0 Å². The topological polar surface area (TPSA) is 247 Å². The fourth-order valence-corrected chi connectivity index (χ4v) is 5.75. The molecule has 0 bridgehead atoms. The number of phosphoric acid groups is 3. The van der Waals surface area contributed by atoms with Gasteiger partial charge in [-0.1, -0.05) is 12.2 Å². The molecule has 7 N–H and O–H groups in total. The Hall–Kier alpha value is -0.820. The van der Waals surface area contributed by atoms with E-state index in [4.69, 9.17) is 19.4 Å². The highest BCUT2D eigenvalue weighted by Crippen LogP contribution is 2.66. The standard InChI is InChI=1S/C10H14F3N2O14P3S/c11-10(12,13)9(18)6(16)4(27-7(9)15-2-1-5(33)14-8(15)17)3-26-31(22,23)29-32(24,25)28-30(19,20)21/h1-2,4,6-7,16,18H,3H2,(H,22,23)(H,24,25)(H,14,17,33)(H2,19,20,21)/t4-,6?,7-,9?/m1/s1. The van der Waals surface area contributed by atoms with Crippen LogP contribution >= 0.6 is 35.7 Å². The molecule has 1 aliphatic heterocycles. The molecule has 4 unspecified atom stereocenters. The van der Waals surface area contributed by atoms with Crippen LogP contribution in [0.3, 0.4) is 0 Å². The summed E-state index contributed by atoms with van der Waals surface area (Å²) in [5, 5.41) is 20.2. The van der Waals surface area contributed by atoms with Gasteiger partial charge < -0.3 is 34.5 Å². The Morgan fingerprint density at radius 1 is 1.18 bits per heavy atom. The minimum Gasteiger partial charge on any atom is -0.387 e. The van der Waals surface area contributed by atoms with Crippen molar-refractivity contribution in [3.05, 3.63) is 27.4 Å². The summed E-state index contributed by atoms with van der Waals surface area (Å²) in [7, 11) is -17.4. The fraction of sp³-hybridized carbons (Fsp3) is 0.600. The largest absolute Gasteiger partial charge is 0.490 e. The molecule has 16 nitrogen and oxygen atoms in total. The van der Waals surface area contributed by atoms with Crippen LogP contribution in [0.1, 0.15) is 6.23 Å². The maximum atomic E-state index is 13.6. The summed E-state index contributed by atoms with van der Waals surface area (Å²) in [4.78, 5) is 49.2. The van der Waals surface area contributed by atoms with Crippen LogP contribution < -0.4 is 5.69 Å². The number of aliphatic hydroxyl groups excluding tert-OH is 1. The van der Waals surface area contributed by atoms with Crippen molar-refractivity contribution in [1.29, 1.82) is 0 Å². The average Bonchev–Trinajstić information content (AvgIpc) is 2.82. The number of H-pyrrole nitrogens is 1. The third-order valence-corrected chi connectivity index (χ3v) is 7.90. The van der Waals surface area contributed by atoms with E-state index >= 15 is 0 Å².